The third-order valence-electron chi connectivity index (χ3n) is 3.19. The van der Waals surface area contributed by atoms with Crippen molar-refractivity contribution in [3.8, 4) is 11.1 Å². The van der Waals surface area contributed by atoms with Crippen molar-refractivity contribution < 1.29 is 18.4 Å². The lowest BCUT2D eigenvalue weighted by molar-refractivity contribution is 0.0595. The van der Waals surface area contributed by atoms with E-state index in [0.29, 0.717) is 15.2 Å². The first-order valence-corrected chi connectivity index (χ1v) is 7.37. The Hall–Kier alpha value is -2.64. The molecule has 0 saturated heterocycles. The SMILES string of the molecule is NN(C(=O)c1ccoc1)C(=O)c1oc(Br)cc1-c1ccccc1. The summed E-state index contributed by atoms with van der Waals surface area (Å²) in [4.78, 5) is 24.7. The van der Waals surface area contributed by atoms with Gasteiger partial charge in [-0.05, 0) is 33.6 Å². The molecule has 0 aliphatic rings. The van der Waals surface area contributed by atoms with E-state index in [0.717, 1.165) is 5.56 Å². The number of nitrogens with two attached hydrogens (primary N) is 1. The number of benzene rings is 1. The van der Waals surface area contributed by atoms with Gasteiger partial charge in [-0.15, -0.1) is 0 Å². The molecule has 2 heterocycles. The van der Waals surface area contributed by atoms with Crippen molar-refractivity contribution in [1.82, 2.24) is 5.01 Å². The van der Waals surface area contributed by atoms with Crippen LogP contribution >= 0.6 is 15.9 Å². The molecule has 1 aromatic carbocycles. The van der Waals surface area contributed by atoms with Gasteiger partial charge in [0.2, 0.25) is 5.76 Å². The van der Waals surface area contributed by atoms with Crippen LogP contribution in [0.2, 0.25) is 0 Å². The van der Waals surface area contributed by atoms with Gasteiger partial charge in [-0.2, -0.15) is 0 Å². The molecule has 0 unspecified atom stereocenters. The van der Waals surface area contributed by atoms with Gasteiger partial charge in [0.15, 0.2) is 4.67 Å². The number of hydrazine groups is 1. The Kier molecular flexibility index (Phi) is 4.14. The number of carbonyl (C=O) groups excluding carboxylic acids is 2. The molecule has 0 aliphatic carbocycles. The average molecular weight is 375 g/mol. The van der Waals surface area contributed by atoms with Gasteiger partial charge in [-0.25, -0.2) is 10.9 Å². The second-order valence-corrected chi connectivity index (χ2v) is 5.43. The van der Waals surface area contributed by atoms with Gasteiger partial charge in [0.05, 0.1) is 11.8 Å². The largest absolute Gasteiger partial charge is 0.472 e. The normalized spacial score (nSPS) is 10.5. The molecule has 116 valence electrons. The zero-order chi connectivity index (χ0) is 16.4. The monoisotopic (exact) mass is 374 g/mol. The highest BCUT2D eigenvalue weighted by molar-refractivity contribution is 9.10. The van der Waals surface area contributed by atoms with Crippen LogP contribution in [-0.4, -0.2) is 16.8 Å². The van der Waals surface area contributed by atoms with Gasteiger partial charge in [-0.3, -0.25) is 9.59 Å². The maximum atomic E-state index is 12.5. The average Bonchev–Trinajstić information content (AvgIpc) is 3.23. The fourth-order valence-corrected chi connectivity index (χ4v) is 2.47. The first-order valence-electron chi connectivity index (χ1n) is 6.58. The summed E-state index contributed by atoms with van der Waals surface area (Å²) in [5, 5.41) is 0.503. The first-order chi connectivity index (χ1) is 11.1. The van der Waals surface area contributed by atoms with Gasteiger partial charge in [-0.1, -0.05) is 30.3 Å². The molecule has 0 bridgehead atoms. The fourth-order valence-electron chi connectivity index (χ4n) is 2.08. The summed E-state index contributed by atoms with van der Waals surface area (Å²) in [7, 11) is 0. The molecule has 6 nitrogen and oxygen atoms in total. The number of carbonyl (C=O) groups is 2. The van der Waals surface area contributed by atoms with E-state index in [9.17, 15) is 9.59 Å². The number of nitrogens with zero attached hydrogens (tertiary/aromatic N) is 1. The lowest BCUT2D eigenvalue weighted by Crippen LogP contribution is -2.42. The quantitative estimate of drug-likeness (QED) is 0.328. The Balaban J connectivity index is 1.96. The molecule has 23 heavy (non-hydrogen) atoms. The van der Waals surface area contributed by atoms with Crippen LogP contribution in [0, 0.1) is 0 Å². The van der Waals surface area contributed by atoms with Gasteiger partial charge < -0.3 is 8.83 Å². The summed E-state index contributed by atoms with van der Waals surface area (Å²) >= 11 is 3.20. The molecule has 2 amide bonds. The van der Waals surface area contributed by atoms with Crippen molar-refractivity contribution in [2.75, 3.05) is 0 Å². The lowest BCUT2D eigenvalue weighted by atomic mass is 10.1. The van der Waals surface area contributed by atoms with Crippen molar-refractivity contribution in [2.45, 2.75) is 0 Å². The van der Waals surface area contributed by atoms with Crippen LogP contribution in [0.15, 0.2) is 68.5 Å². The van der Waals surface area contributed by atoms with Crippen molar-refractivity contribution in [2.24, 2.45) is 5.84 Å². The molecule has 7 heteroatoms. The van der Waals surface area contributed by atoms with Gasteiger partial charge in [0, 0.05) is 5.56 Å². The minimum atomic E-state index is -0.749. The first kappa shape index (κ1) is 15.3. The van der Waals surface area contributed by atoms with Crippen molar-refractivity contribution in [3.05, 3.63) is 71.0 Å². The van der Waals surface area contributed by atoms with E-state index < -0.39 is 11.8 Å². The van der Waals surface area contributed by atoms with Crippen LogP contribution in [-0.2, 0) is 0 Å². The molecular weight excluding hydrogens is 364 g/mol. The molecule has 2 aromatic heterocycles. The topological polar surface area (TPSA) is 89.7 Å². The van der Waals surface area contributed by atoms with Crippen LogP contribution in [0.4, 0.5) is 0 Å². The van der Waals surface area contributed by atoms with E-state index >= 15 is 0 Å². The molecule has 0 radical (unpaired) electrons. The molecule has 3 rings (SSSR count). The minimum Gasteiger partial charge on any atom is -0.472 e. The van der Waals surface area contributed by atoms with Gasteiger partial charge in [0.1, 0.15) is 6.26 Å². The maximum Gasteiger partial charge on any atom is 0.311 e. The van der Waals surface area contributed by atoms with Crippen LogP contribution in [0.25, 0.3) is 11.1 Å². The van der Waals surface area contributed by atoms with Crippen LogP contribution in [0.3, 0.4) is 0 Å². The summed E-state index contributed by atoms with van der Waals surface area (Å²) in [6.45, 7) is 0. The Morgan fingerprint density at radius 2 is 1.83 bits per heavy atom. The van der Waals surface area contributed by atoms with Crippen LogP contribution in [0.1, 0.15) is 20.9 Å². The van der Waals surface area contributed by atoms with E-state index in [-0.39, 0.29) is 11.3 Å². The molecule has 0 fully saturated rings. The molecule has 0 spiro atoms. The highest BCUT2D eigenvalue weighted by Gasteiger charge is 2.27. The van der Waals surface area contributed by atoms with E-state index in [2.05, 4.69) is 15.9 Å². The Labute approximate surface area is 139 Å². The van der Waals surface area contributed by atoms with E-state index in [1.165, 1.54) is 18.6 Å². The molecule has 0 aliphatic heterocycles. The zero-order valence-corrected chi connectivity index (χ0v) is 13.3. The highest BCUT2D eigenvalue weighted by atomic mass is 79.9. The number of imide groups is 1. The standard InChI is InChI=1S/C16H11BrN2O4/c17-13-8-12(10-4-2-1-3-5-10)14(23-13)16(21)19(18)15(20)11-6-7-22-9-11/h1-9H,18H2. The Morgan fingerprint density at radius 1 is 1.09 bits per heavy atom. The number of furan rings is 2. The van der Waals surface area contributed by atoms with E-state index in [1.807, 2.05) is 30.3 Å². The Bertz CT molecular complexity index is 840. The highest BCUT2D eigenvalue weighted by Crippen LogP contribution is 2.30. The second kappa shape index (κ2) is 6.23. The number of hydrogen-bond donors (Lipinski definition) is 1. The second-order valence-electron chi connectivity index (χ2n) is 4.65. The summed E-state index contributed by atoms with van der Waals surface area (Å²) in [6.07, 6.45) is 2.54. The lowest BCUT2D eigenvalue weighted by Gasteiger charge is -2.13. The smallest absolute Gasteiger partial charge is 0.311 e. The number of rotatable bonds is 3. The maximum absolute atomic E-state index is 12.5. The van der Waals surface area contributed by atoms with Gasteiger partial charge >= 0.3 is 5.91 Å². The van der Waals surface area contributed by atoms with E-state index in [1.54, 1.807) is 6.07 Å². The number of amides is 2. The summed E-state index contributed by atoms with van der Waals surface area (Å²) in [6, 6.07) is 12.3. The number of hydrogen-bond acceptors (Lipinski definition) is 5. The third kappa shape index (κ3) is 2.96. The van der Waals surface area contributed by atoms with E-state index in [4.69, 9.17) is 14.7 Å². The predicted molar refractivity (Wildman–Crippen MR) is 85.2 cm³/mol. The molecule has 2 N–H and O–H groups in total. The van der Waals surface area contributed by atoms with Crippen LogP contribution < -0.4 is 5.84 Å². The zero-order valence-electron chi connectivity index (χ0n) is 11.7. The molecule has 3 aromatic rings. The van der Waals surface area contributed by atoms with Crippen molar-refractivity contribution in [1.29, 1.82) is 0 Å². The van der Waals surface area contributed by atoms with Crippen molar-refractivity contribution in [3.63, 3.8) is 0 Å². The molecule has 0 saturated carbocycles. The molecule has 0 atom stereocenters. The third-order valence-corrected chi connectivity index (χ3v) is 3.58. The summed E-state index contributed by atoms with van der Waals surface area (Å²) < 4.78 is 10.6. The van der Waals surface area contributed by atoms with Gasteiger partial charge in [0.25, 0.3) is 5.91 Å². The predicted octanol–water partition coefficient (Wildman–Crippen LogP) is 3.46. The minimum absolute atomic E-state index is 0.0255. The fraction of sp³-hybridized carbons (Fsp3) is 0. The Morgan fingerprint density at radius 3 is 2.48 bits per heavy atom. The number of halogens is 1. The summed E-state index contributed by atoms with van der Waals surface area (Å²) in [5.41, 5.74) is 1.49. The summed E-state index contributed by atoms with van der Waals surface area (Å²) in [5.74, 6) is 4.20. The molecular formula is C16H11BrN2O4. The van der Waals surface area contributed by atoms with Crippen LogP contribution in [0.5, 0.6) is 0 Å². The van der Waals surface area contributed by atoms with Crippen molar-refractivity contribution >= 4 is 27.7 Å².